The molecule has 1 aliphatic carbocycles. The number of rotatable bonds is 2. The number of pyridine rings is 1. The number of carbonyl (C=O) groups is 1. The van der Waals surface area contributed by atoms with E-state index in [1.54, 1.807) is 0 Å². The third-order valence-electron chi connectivity index (χ3n) is 4.16. The quantitative estimate of drug-likeness (QED) is 0.881. The van der Waals surface area contributed by atoms with Crippen molar-refractivity contribution in [3.63, 3.8) is 0 Å². The van der Waals surface area contributed by atoms with Crippen LogP contribution in [0.15, 0.2) is 24.3 Å². The van der Waals surface area contributed by atoms with Gasteiger partial charge in [0.25, 0.3) is 0 Å². The van der Waals surface area contributed by atoms with Crippen LogP contribution in [0.3, 0.4) is 0 Å². The number of hydrogen-bond donors (Lipinski definition) is 1. The molecule has 1 aromatic carbocycles. The van der Waals surface area contributed by atoms with Crippen LogP contribution in [-0.2, 0) is 6.18 Å². The lowest BCUT2D eigenvalue weighted by atomic mass is 9.98. The molecule has 3 nitrogen and oxygen atoms in total. The Morgan fingerprint density at radius 2 is 1.86 bits per heavy atom. The highest BCUT2D eigenvalue weighted by Crippen LogP contribution is 2.36. The molecule has 1 aliphatic rings. The zero-order chi connectivity index (χ0) is 15.9. The second-order valence-corrected chi connectivity index (χ2v) is 5.61. The molecule has 0 bridgehead atoms. The number of benzene rings is 1. The predicted molar refractivity (Wildman–Crippen MR) is 74.9 cm³/mol. The van der Waals surface area contributed by atoms with Crippen LogP contribution in [0.4, 0.5) is 13.2 Å². The summed E-state index contributed by atoms with van der Waals surface area (Å²) < 4.78 is 38.4. The van der Waals surface area contributed by atoms with Crippen molar-refractivity contribution in [2.45, 2.75) is 37.8 Å². The van der Waals surface area contributed by atoms with Gasteiger partial charge in [0.2, 0.25) is 0 Å². The Labute approximate surface area is 124 Å². The molecule has 1 saturated carbocycles. The molecule has 22 heavy (non-hydrogen) atoms. The van der Waals surface area contributed by atoms with E-state index in [0.717, 1.165) is 37.8 Å². The summed E-state index contributed by atoms with van der Waals surface area (Å²) in [5, 5.41) is 9.37. The maximum Gasteiger partial charge on any atom is 0.416 e. The minimum absolute atomic E-state index is 0.0315. The van der Waals surface area contributed by atoms with Crippen LogP contribution in [0, 0.1) is 0 Å². The second kappa shape index (κ2) is 5.26. The summed E-state index contributed by atoms with van der Waals surface area (Å²) in [7, 11) is 0. The van der Waals surface area contributed by atoms with Crippen LogP contribution >= 0.6 is 0 Å². The number of aromatic carboxylic acids is 1. The summed E-state index contributed by atoms with van der Waals surface area (Å²) in [6, 6.07) is 4.49. The summed E-state index contributed by atoms with van der Waals surface area (Å²) >= 11 is 0. The molecule has 0 saturated heterocycles. The molecule has 1 aromatic heterocycles. The minimum atomic E-state index is -4.51. The van der Waals surface area contributed by atoms with Gasteiger partial charge in [-0.15, -0.1) is 0 Å². The van der Waals surface area contributed by atoms with E-state index in [9.17, 15) is 23.1 Å². The molecular formula is C16H14F3NO2. The average molecular weight is 309 g/mol. The van der Waals surface area contributed by atoms with E-state index < -0.39 is 17.7 Å². The lowest BCUT2D eigenvalue weighted by Crippen LogP contribution is -2.08. The molecule has 1 fully saturated rings. The van der Waals surface area contributed by atoms with Gasteiger partial charge in [-0.05, 0) is 37.1 Å². The van der Waals surface area contributed by atoms with Crippen molar-refractivity contribution in [1.82, 2.24) is 4.98 Å². The highest BCUT2D eigenvalue weighted by Gasteiger charge is 2.31. The van der Waals surface area contributed by atoms with Crippen LogP contribution in [0.2, 0.25) is 0 Å². The number of alkyl halides is 3. The molecule has 0 amide bonds. The van der Waals surface area contributed by atoms with Crippen LogP contribution in [0.1, 0.15) is 53.2 Å². The fourth-order valence-electron chi connectivity index (χ4n) is 3.03. The molecule has 0 atom stereocenters. The molecular weight excluding hydrogens is 295 g/mol. The van der Waals surface area contributed by atoms with Gasteiger partial charge in [-0.25, -0.2) is 4.79 Å². The first-order valence-corrected chi connectivity index (χ1v) is 7.11. The van der Waals surface area contributed by atoms with E-state index in [2.05, 4.69) is 4.98 Å². The SMILES string of the molecule is O=C(O)c1cc(C2CCCC2)nc2ccc(C(F)(F)F)cc12. The highest BCUT2D eigenvalue weighted by molar-refractivity contribution is 6.02. The van der Waals surface area contributed by atoms with Crippen molar-refractivity contribution < 1.29 is 23.1 Å². The van der Waals surface area contributed by atoms with Crippen LogP contribution < -0.4 is 0 Å². The van der Waals surface area contributed by atoms with Gasteiger partial charge >= 0.3 is 12.1 Å². The normalized spacial score (nSPS) is 16.3. The second-order valence-electron chi connectivity index (χ2n) is 5.61. The van der Waals surface area contributed by atoms with E-state index in [1.165, 1.54) is 12.1 Å². The average Bonchev–Trinajstić information content (AvgIpc) is 2.98. The molecule has 0 aliphatic heterocycles. The third-order valence-corrected chi connectivity index (χ3v) is 4.16. The molecule has 0 unspecified atom stereocenters. The van der Waals surface area contributed by atoms with Crippen molar-refractivity contribution in [2.24, 2.45) is 0 Å². The fourth-order valence-corrected chi connectivity index (χ4v) is 3.03. The van der Waals surface area contributed by atoms with Gasteiger partial charge in [0, 0.05) is 17.0 Å². The summed E-state index contributed by atoms with van der Waals surface area (Å²) in [6.45, 7) is 0. The van der Waals surface area contributed by atoms with Gasteiger partial charge in [-0.3, -0.25) is 4.98 Å². The lowest BCUT2D eigenvalue weighted by Gasteiger charge is -2.13. The number of fused-ring (bicyclic) bond motifs is 1. The number of nitrogens with zero attached hydrogens (tertiary/aromatic N) is 1. The predicted octanol–water partition coefficient (Wildman–Crippen LogP) is 4.61. The molecule has 3 rings (SSSR count). The van der Waals surface area contributed by atoms with Crippen molar-refractivity contribution in [3.05, 3.63) is 41.1 Å². The van der Waals surface area contributed by atoms with E-state index in [0.29, 0.717) is 11.2 Å². The van der Waals surface area contributed by atoms with Gasteiger partial charge in [0.05, 0.1) is 16.6 Å². The number of halogens is 3. The van der Waals surface area contributed by atoms with E-state index in [1.807, 2.05) is 0 Å². The van der Waals surface area contributed by atoms with Gasteiger partial charge in [-0.2, -0.15) is 13.2 Å². The van der Waals surface area contributed by atoms with E-state index in [4.69, 9.17) is 0 Å². The number of hydrogen-bond acceptors (Lipinski definition) is 2. The summed E-state index contributed by atoms with van der Waals surface area (Å²) in [5.41, 5.74) is -0.00660. The van der Waals surface area contributed by atoms with Crippen molar-refractivity contribution >= 4 is 16.9 Å². The first-order chi connectivity index (χ1) is 10.4. The summed E-state index contributed by atoms with van der Waals surface area (Å²) in [6.07, 6.45) is -0.482. The number of aromatic nitrogens is 1. The highest BCUT2D eigenvalue weighted by atomic mass is 19.4. The zero-order valence-corrected chi connectivity index (χ0v) is 11.7. The summed E-state index contributed by atoms with van der Waals surface area (Å²) in [4.78, 5) is 15.8. The molecule has 116 valence electrons. The number of carboxylic acid groups (broad SMARTS) is 1. The number of carboxylic acids is 1. The Hall–Kier alpha value is -2.11. The van der Waals surface area contributed by atoms with Gasteiger partial charge in [0.15, 0.2) is 0 Å². The van der Waals surface area contributed by atoms with Gasteiger partial charge < -0.3 is 5.11 Å². The van der Waals surface area contributed by atoms with E-state index in [-0.39, 0.29) is 16.9 Å². The Morgan fingerprint density at radius 1 is 1.18 bits per heavy atom. The molecule has 0 radical (unpaired) electrons. The maximum atomic E-state index is 12.8. The first kappa shape index (κ1) is 14.8. The Balaban J connectivity index is 2.19. The lowest BCUT2D eigenvalue weighted by molar-refractivity contribution is -0.137. The van der Waals surface area contributed by atoms with Gasteiger partial charge in [-0.1, -0.05) is 12.8 Å². The molecule has 1 heterocycles. The van der Waals surface area contributed by atoms with E-state index >= 15 is 0 Å². The third kappa shape index (κ3) is 2.65. The Morgan fingerprint density at radius 3 is 2.45 bits per heavy atom. The maximum absolute atomic E-state index is 12.8. The molecule has 2 aromatic rings. The largest absolute Gasteiger partial charge is 0.478 e. The van der Waals surface area contributed by atoms with Crippen LogP contribution in [-0.4, -0.2) is 16.1 Å². The monoisotopic (exact) mass is 309 g/mol. The topological polar surface area (TPSA) is 50.2 Å². The Kier molecular flexibility index (Phi) is 3.54. The van der Waals surface area contributed by atoms with Crippen molar-refractivity contribution in [3.8, 4) is 0 Å². The Bertz CT molecular complexity index is 734. The zero-order valence-electron chi connectivity index (χ0n) is 11.7. The molecule has 1 N–H and O–H groups in total. The standard InChI is InChI=1S/C16H14F3NO2/c17-16(18,19)10-5-6-13-11(7-10)12(15(21)22)8-14(20-13)9-3-1-2-4-9/h5-9H,1-4H2,(H,21,22). The van der Waals surface area contributed by atoms with Crippen molar-refractivity contribution in [2.75, 3.05) is 0 Å². The fraction of sp³-hybridized carbons (Fsp3) is 0.375. The summed E-state index contributed by atoms with van der Waals surface area (Å²) in [5.74, 6) is -1.03. The molecule has 0 spiro atoms. The first-order valence-electron chi connectivity index (χ1n) is 7.11. The van der Waals surface area contributed by atoms with Gasteiger partial charge in [0.1, 0.15) is 0 Å². The van der Waals surface area contributed by atoms with Crippen LogP contribution in [0.5, 0.6) is 0 Å². The van der Waals surface area contributed by atoms with Crippen LogP contribution in [0.25, 0.3) is 10.9 Å². The minimum Gasteiger partial charge on any atom is -0.478 e. The van der Waals surface area contributed by atoms with Crippen molar-refractivity contribution in [1.29, 1.82) is 0 Å². The smallest absolute Gasteiger partial charge is 0.416 e. The molecule has 6 heteroatoms.